The van der Waals surface area contributed by atoms with Crippen LogP contribution in [0.5, 0.6) is 0 Å². The first kappa shape index (κ1) is 16.9. The SMILES string of the molecule is CCCCC(CC)CNS(=O)(=O)c1cccc2cccnc12. The summed E-state index contributed by atoms with van der Waals surface area (Å²) in [4.78, 5) is 4.49. The molecule has 2 aromatic rings. The lowest BCUT2D eigenvalue weighted by Gasteiger charge is -2.16. The number of nitrogens with one attached hydrogen (secondary N) is 1. The van der Waals surface area contributed by atoms with Gasteiger partial charge in [-0.1, -0.05) is 51.3 Å². The molecule has 22 heavy (non-hydrogen) atoms. The van der Waals surface area contributed by atoms with Crippen molar-refractivity contribution in [1.29, 1.82) is 0 Å². The minimum absolute atomic E-state index is 0.260. The Morgan fingerprint density at radius 2 is 1.95 bits per heavy atom. The summed E-state index contributed by atoms with van der Waals surface area (Å²) in [5, 5.41) is 0.836. The van der Waals surface area contributed by atoms with E-state index in [1.807, 2.05) is 18.2 Å². The molecule has 2 rings (SSSR count). The Kier molecular flexibility index (Phi) is 5.91. The maximum atomic E-state index is 12.6. The zero-order chi connectivity index (χ0) is 16.0. The summed E-state index contributed by atoms with van der Waals surface area (Å²) in [6.07, 6.45) is 5.93. The number of benzene rings is 1. The van der Waals surface area contributed by atoms with Crippen LogP contribution in [0.3, 0.4) is 0 Å². The molecule has 1 aromatic carbocycles. The number of para-hydroxylation sites is 1. The summed E-state index contributed by atoms with van der Waals surface area (Å²) in [6, 6.07) is 8.93. The molecule has 0 saturated carbocycles. The first-order valence-electron chi connectivity index (χ1n) is 7.92. The van der Waals surface area contributed by atoms with Crippen LogP contribution in [0.2, 0.25) is 0 Å². The molecule has 0 radical (unpaired) electrons. The maximum Gasteiger partial charge on any atom is 0.242 e. The number of sulfonamides is 1. The number of nitrogens with zero attached hydrogens (tertiary/aromatic N) is 1. The predicted octanol–water partition coefficient (Wildman–Crippen LogP) is 3.73. The Labute approximate surface area is 133 Å². The number of unbranched alkanes of at least 4 members (excludes halogenated alkanes) is 1. The van der Waals surface area contributed by atoms with E-state index in [0.29, 0.717) is 18.0 Å². The summed E-state index contributed by atoms with van der Waals surface area (Å²) < 4.78 is 27.9. The molecule has 1 aromatic heterocycles. The second-order valence-electron chi connectivity index (χ2n) is 5.60. The lowest BCUT2D eigenvalue weighted by atomic mass is 10.00. The highest BCUT2D eigenvalue weighted by molar-refractivity contribution is 7.89. The number of aromatic nitrogens is 1. The Morgan fingerprint density at radius 3 is 2.68 bits per heavy atom. The average molecular weight is 320 g/mol. The van der Waals surface area contributed by atoms with Gasteiger partial charge in [-0.15, -0.1) is 0 Å². The van der Waals surface area contributed by atoms with Crippen LogP contribution in [0.15, 0.2) is 41.4 Å². The van der Waals surface area contributed by atoms with E-state index >= 15 is 0 Å². The number of rotatable bonds is 8. The summed E-state index contributed by atoms with van der Waals surface area (Å²) in [6.45, 7) is 4.74. The first-order chi connectivity index (χ1) is 10.6. The lowest BCUT2D eigenvalue weighted by molar-refractivity contribution is 0.444. The molecule has 0 bridgehead atoms. The van der Waals surface area contributed by atoms with E-state index in [1.165, 1.54) is 0 Å². The van der Waals surface area contributed by atoms with E-state index < -0.39 is 10.0 Å². The fraction of sp³-hybridized carbons (Fsp3) is 0.471. The molecule has 1 heterocycles. The molecule has 1 N–H and O–H groups in total. The Hall–Kier alpha value is -1.46. The molecule has 1 unspecified atom stereocenters. The summed E-state index contributed by atoms with van der Waals surface area (Å²) in [5.41, 5.74) is 0.527. The van der Waals surface area contributed by atoms with E-state index in [4.69, 9.17) is 0 Å². The van der Waals surface area contributed by atoms with Gasteiger partial charge in [0.1, 0.15) is 4.90 Å². The molecule has 1 atom stereocenters. The van der Waals surface area contributed by atoms with Crippen molar-refractivity contribution in [2.75, 3.05) is 6.54 Å². The summed E-state index contributed by atoms with van der Waals surface area (Å²) >= 11 is 0. The second-order valence-corrected chi connectivity index (χ2v) is 7.34. The summed E-state index contributed by atoms with van der Waals surface area (Å²) in [7, 11) is -3.53. The van der Waals surface area contributed by atoms with Crippen molar-refractivity contribution in [2.45, 2.75) is 44.4 Å². The lowest BCUT2D eigenvalue weighted by Crippen LogP contribution is -2.29. The van der Waals surface area contributed by atoms with Gasteiger partial charge in [0.15, 0.2) is 0 Å². The minimum Gasteiger partial charge on any atom is -0.255 e. The molecule has 0 amide bonds. The highest BCUT2D eigenvalue weighted by atomic mass is 32.2. The minimum atomic E-state index is -3.53. The van der Waals surface area contributed by atoms with Crippen LogP contribution in [0.25, 0.3) is 10.9 Å². The van der Waals surface area contributed by atoms with Gasteiger partial charge < -0.3 is 0 Å². The van der Waals surface area contributed by atoms with Crippen molar-refractivity contribution < 1.29 is 8.42 Å². The third-order valence-corrected chi connectivity index (χ3v) is 5.45. The van der Waals surface area contributed by atoms with E-state index in [1.54, 1.807) is 18.3 Å². The molecule has 5 heteroatoms. The third-order valence-electron chi connectivity index (χ3n) is 3.99. The number of hydrogen-bond acceptors (Lipinski definition) is 3. The normalized spacial score (nSPS) is 13.4. The standard InChI is InChI=1S/C17H24N2O2S/c1-3-5-8-14(4-2)13-19-22(20,21)16-11-6-9-15-10-7-12-18-17(15)16/h6-7,9-12,14,19H,3-5,8,13H2,1-2H3. The van der Waals surface area contributed by atoms with Gasteiger partial charge in [-0.2, -0.15) is 0 Å². The van der Waals surface area contributed by atoms with Gasteiger partial charge in [-0.25, -0.2) is 13.1 Å². The van der Waals surface area contributed by atoms with Crippen molar-refractivity contribution in [3.63, 3.8) is 0 Å². The zero-order valence-electron chi connectivity index (χ0n) is 13.2. The Bertz CT molecular complexity index is 708. The molecule has 0 aliphatic rings. The van der Waals surface area contributed by atoms with Crippen molar-refractivity contribution in [1.82, 2.24) is 9.71 Å². The third kappa shape index (κ3) is 4.05. The van der Waals surface area contributed by atoms with Crippen LogP contribution in [-0.2, 0) is 10.0 Å². The van der Waals surface area contributed by atoms with Crippen molar-refractivity contribution in [3.8, 4) is 0 Å². The van der Waals surface area contributed by atoms with Crippen LogP contribution in [0, 0.1) is 5.92 Å². The number of fused-ring (bicyclic) bond motifs is 1. The van der Waals surface area contributed by atoms with Gasteiger partial charge in [0.05, 0.1) is 5.52 Å². The van der Waals surface area contributed by atoms with Crippen LogP contribution in [-0.4, -0.2) is 19.9 Å². The molecule has 0 saturated heterocycles. The fourth-order valence-electron chi connectivity index (χ4n) is 2.54. The van der Waals surface area contributed by atoms with Crippen LogP contribution < -0.4 is 4.72 Å². The van der Waals surface area contributed by atoms with Gasteiger partial charge in [0.2, 0.25) is 10.0 Å². The molecule has 120 valence electrons. The van der Waals surface area contributed by atoms with E-state index in [-0.39, 0.29) is 4.90 Å². The molecular formula is C17H24N2O2S. The molecule has 0 fully saturated rings. The smallest absolute Gasteiger partial charge is 0.242 e. The Morgan fingerprint density at radius 1 is 1.18 bits per heavy atom. The van der Waals surface area contributed by atoms with Crippen LogP contribution in [0.1, 0.15) is 39.5 Å². The second kappa shape index (κ2) is 7.70. The van der Waals surface area contributed by atoms with E-state index in [0.717, 1.165) is 31.1 Å². The van der Waals surface area contributed by atoms with Crippen molar-refractivity contribution in [3.05, 3.63) is 36.5 Å². The number of hydrogen-bond donors (Lipinski definition) is 1. The van der Waals surface area contributed by atoms with Crippen molar-refractivity contribution in [2.24, 2.45) is 5.92 Å². The van der Waals surface area contributed by atoms with E-state index in [2.05, 4.69) is 23.6 Å². The summed E-state index contributed by atoms with van der Waals surface area (Å²) in [5.74, 6) is 0.387. The van der Waals surface area contributed by atoms with Gasteiger partial charge in [-0.05, 0) is 24.5 Å². The largest absolute Gasteiger partial charge is 0.255 e. The monoisotopic (exact) mass is 320 g/mol. The van der Waals surface area contributed by atoms with Crippen LogP contribution in [0.4, 0.5) is 0 Å². The predicted molar refractivity (Wildman–Crippen MR) is 90.2 cm³/mol. The average Bonchev–Trinajstić information content (AvgIpc) is 2.54. The quantitative estimate of drug-likeness (QED) is 0.806. The van der Waals surface area contributed by atoms with E-state index in [9.17, 15) is 8.42 Å². The molecule has 4 nitrogen and oxygen atoms in total. The first-order valence-corrected chi connectivity index (χ1v) is 9.40. The highest BCUT2D eigenvalue weighted by Crippen LogP contribution is 2.21. The highest BCUT2D eigenvalue weighted by Gasteiger charge is 2.19. The van der Waals surface area contributed by atoms with Crippen molar-refractivity contribution >= 4 is 20.9 Å². The number of pyridine rings is 1. The van der Waals surface area contributed by atoms with Gasteiger partial charge in [-0.3, -0.25) is 4.98 Å². The van der Waals surface area contributed by atoms with Gasteiger partial charge in [0.25, 0.3) is 0 Å². The fourth-order valence-corrected chi connectivity index (χ4v) is 3.84. The zero-order valence-corrected chi connectivity index (χ0v) is 14.1. The molecular weight excluding hydrogens is 296 g/mol. The maximum absolute atomic E-state index is 12.6. The Balaban J connectivity index is 2.19. The molecule has 0 spiro atoms. The topological polar surface area (TPSA) is 59.1 Å². The van der Waals surface area contributed by atoms with Gasteiger partial charge in [0, 0.05) is 18.1 Å². The molecule has 0 aliphatic heterocycles. The molecule has 0 aliphatic carbocycles. The van der Waals surface area contributed by atoms with Gasteiger partial charge >= 0.3 is 0 Å². The van der Waals surface area contributed by atoms with Crippen LogP contribution >= 0.6 is 0 Å².